The number of halogens is 2. The van der Waals surface area contributed by atoms with Crippen molar-refractivity contribution in [1.82, 2.24) is 0 Å². The smallest absolute Gasteiger partial charge is 0.148 e. The highest BCUT2D eigenvalue weighted by molar-refractivity contribution is 5.85. The Hall–Kier alpha value is -0.960. The standard InChI is InChI=1S/C6H7FN2.ClH/c7-5-3-4(8)1-2-6(5)9;/h1-3H,8-9H2;1H. The first-order valence-electron chi connectivity index (χ1n) is 2.50. The van der Waals surface area contributed by atoms with Gasteiger partial charge in [0.15, 0.2) is 0 Å². The topological polar surface area (TPSA) is 52.0 Å². The van der Waals surface area contributed by atoms with E-state index in [-0.39, 0.29) is 18.1 Å². The molecule has 0 bridgehead atoms. The van der Waals surface area contributed by atoms with Crippen molar-refractivity contribution in [2.75, 3.05) is 11.5 Å². The Morgan fingerprint density at radius 2 is 1.80 bits per heavy atom. The van der Waals surface area contributed by atoms with Crippen LogP contribution < -0.4 is 11.5 Å². The third-order valence-corrected chi connectivity index (χ3v) is 1.02. The zero-order valence-electron chi connectivity index (χ0n) is 5.17. The van der Waals surface area contributed by atoms with E-state index in [4.69, 9.17) is 11.5 Å². The van der Waals surface area contributed by atoms with Crippen molar-refractivity contribution in [3.63, 3.8) is 0 Å². The zero-order valence-corrected chi connectivity index (χ0v) is 5.99. The molecule has 1 aromatic carbocycles. The predicted octanol–water partition coefficient (Wildman–Crippen LogP) is 1.41. The number of rotatable bonds is 0. The van der Waals surface area contributed by atoms with E-state index in [1.165, 1.54) is 12.1 Å². The molecule has 2 nitrogen and oxygen atoms in total. The molecule has 0 radical (unpaired) electrons. The van der Waals surface area contributed by atoms with E-state index in [0.717, 1.165) is 0 Å². The molecule has 0 atom stereocenters. The number of anilines is 2. The van der Waals surface area contributed by atoms with Crippen molar-refractivity contribution in [1.29, 1.82) is 0 Å². The van der Waals surface area contributed by atoms with Crippen molar-refractivity contribution in [3.05, 3.63) is 24.0 Å². The first-order chi connectivity index (χ1) is 4.20. The maximum absolute atomic E-state index is 12.4. The molecule has 10 heavy (non-hydrogen) atoms. The Labute approximate surface area is 64.4 Å². The highest BCUT2D eigenvalue weighted by atomic mass is 35.5. The second-order valence-electron chi connectivity index (χ2n) is 1.78. The lowest BCUT2D eigenvalue weighted by Crippen LogP contribution is -1.92. The summed E-state index contributed by atoms with van der Waals surface area (Å²) in [6.45, 7) is 0. The quantitative estimate of drug-likeness (QED) is 0.567. The van der Waals surface area contributed by atoms with Crippen LogP contribution in [0.1, 0.15) is 0 Å². The van der Waals surface area contributed by atoms with E-state index < -0.39 is 5.82 Å². The van der Waals surface area contributed by atoms with Gasteiger partial charge in [0.1, 0.15) is 5.82 Å². The summed E-state index contributed by atoms with van der Waals surface area (Å²) in [6.07, 6.45) is 0. The van der Waals surface area contributed by atoms with Crippen LogP contribution in [0.5, 0.6) is 0 Å². The van der Waals surface area contributed by atoms with E-state index in [2.05, 4.69) is 0 Å². The summed E-state index contributed by atoms with van der Waals surface area (Å²) in [4.78, 5) is 0. The Morgan fingerprint density at radius 1 is 1.20 bits per heavy atom. The van der Waals surface area contributed by atoms with Crippen LogP contribution in [0.2, 0.25) is 0 Å². The minimum atomic E-state index is -0.463. The molecular formula is C6H8ClFN2. The third-order valence-electron chi connectivity index (χ3n) is 1.02. The van der Waals surface area contributed by atoms with E-state index in [1.54, 1.807) is 6.07 Å². The molecule has 1 rings (SSSR count). The van der Waals surface area contributed by atoms with Gasteiger partial charge in [-0.05, 0) is 18.2 Å². The van der Waals surface area contributed by atoms with Gasteiger partial charge in [-0.25, -0.2) is 4.39 Å². The summed E-state index contributed by atoms with van der Waals surface area (Å²) in [7, 11) is 0. The molecule has 0 aromatic heterocycles. The normalized spacial score (nSPS) is 8.50. The zero-order chi connectivity index (χ0) is 6.85. The minimum Gasteiger partial charge on any atom is -0.399 e. The SMILES string of the molecule is Cl.Nc1ccc(N)c(F)c1. The number of nitrogens with two attached hydrogens (primary N) is 2. The highest BCUT2D eigenvalue weighted by Gasteiger charge is 1.94. The van der Waals surface area contributed by atoms with Crippen LogP contribution in [-0.2, 0) is 0 Å². The van der Waals surface area contributed by atoms with Crippen LogP contribution in [-0.4, -0.2) is 0 Å². The summed E-state index contributed by atoms with van der Waals surface area (Å²) in [5, 5.41) is 0. The van der Waals surface area contributed by atoms with Crippen LogP contribution in [0.25, 0.3) is 0 Å². The molecule has 0 spiro atoms. The lowest BCUT2D eigenvalue weighted by atomic mass is 10.3. The fourth-order valence-corrected chi connectivity index (χ4v) is 0.543. The van der Waals surface area contributed by atoms with Crippen LogP contribution in [0, 0.1) is 5.82 Å². The predicted molar refractivity (Wildman–Crippen MR) is 42.5 cm³/mol. The molecule has 0 unspecified atom stereocenters. The largest absolute Gasteiger partial charge is 0.399 e. The van der Waals surface area contributed by atoms with Gasteiger partial charge in [-0.15, -0.1) is 12.4 Å². The Morgan fingerprint density at radius 3 is 2.20 bits per heavy atom. The molecule has 0 amide bonds. The van der Waals surface area contributed by atoms with Crippen molar-refractivity contribution >= 4 is 23.8 Å². The monoisotopic (exact) mass is 162 g/mol. The molecule has 0 aliphatic heterocycles. The Bertz CT molecular complexity index is 227. The fourth-order valence-electron chi connectivity index (χ4n) is 0.543. The summed E-state index contributed by atoms with van der Waals surface area (Å²) < 4.78 is 12.4. The molecular weight excluding hydrogens is 155 g/mol. The second-order valence-corrected chi connectivity index (χ2v) is 1.78. The van der Waals surface area contributed by atoms with Gasteiger partial charge >= 0.3 is 0 Å². The van der Waals surface area contributed by atoms with Gasteiger partial charge in [0.05, 0.1) is 5.69 Å². The van der Waals surface area contributed by atoms with Crippen molar-refractivity contribution in [2.24, 2.45) is 0 Å². The van der Waals surface area contributed by atoms with E-state index in [9.17, 15) is 4.39 Å². The van der Waals surface area contributed by atoms with Crippen molar-refractivity contribution < 1.29 is 4.39 Å². The third kappa shape index (κ3) is 1.77. The Kier molecular flexibility index (Phi) is 2.96. The van der Waals surface area contributed by atoms with Gasteiger partial charge in [0.25, 0.3) is 0 Å². The van der Waals surface area contributed by atoms with Crippen molar-refractivity contribution in [2.45, 2.75) is 0 Å². The van der Waals surface area contributed by atoms with Gasteiger partial charge < -0.3 is 11.5 Å². The van der Waals surface area contributed by atoms with Gasteiger partial charge in [0, 0.05) is 5.69 Å². The van der Waals surface area contributed by atoms with Crippen LogP contribution >= 0.6 is 12.4 Å². The lowest BCUT2D eigenvalue weighted by molar-refractivity contribution is 0.633. The molecule has 0 heterocycles. The van der Waals surface area contributed by atoms with Gasteiger partial charge in [0.2, 0.25) is 0 Å². The summed E-state index contributed by atoms with van der Waals surface area (Å²) >= 11 is 0. The number of benzene rings is 1. The molecule has 0 aliphatic carbocycles. The number of hydrogen-bond donors (Lipinski definition) is 2. The maximum Gasteiger partial charge on any atom is 0.148 e. The van der Waals surface area contributed by atoms with Gasteiger partial charge in [-0.1, -0.05) is 0 Å². The summed E-state index contributed by atoms with van der Waals surface area (Å²) in [5.74, 6) is -0.463. The lowest BCUT2D eigenvalue weighted by Gasteiger charge is -1.95. The van der Waals surface area contributed by atoms with E-state index >= 15 is 0 Å². The molecule has 56 valence electrons. The van der Waals surface area contributed by atoms with Crippen molar-refractivity contribution in [3.8, 4) is 0 Å². The highest BCUT2D eigenvalue weighted by Crippen LogP contribution is 2.12. The first kappa shape index (κ1) is 9.04. The van der Waals surface area contributed by atoms with E-state index in [0.29, 0.717) is 5.69 Å². The molecule has 0 aliphatic rings. The molecule has 0 fully saturated rings. The molecule has 4 heteroatoms. The number of nitrogen functional groups attached to an aromatic ring is 2. The molecule has 4 N–H and O–H groups in total. The van der Waals surface area contributed by atoms with Crippen LogP contribution in [0.4, 0.5) is 15.8 Å². The molecule has 0 saturated heterocycles. The maximum atomic E-state index is 12.4. The summed E-state index contributed by atoms with van der Waals surface area (Å²) in [5.41, 5.74) is 10.9. The average Bonchev–Trinajstić information content (AvgIpc) is 1.80. The summed E-state index contributed by atoms with van der Waals surface area (Å²) in [6, 6.07) is 4.18. The molecule has 1 aromatic rings. The van der Waals surface area contributed by atoms with Crippen LogP contribution in [0.15, 0.2) is 18.2 Å². The number of hydrogen-bond acceptors (Lipinski definition) is 2. The van der Waals surface area contributed by atoms with Gasteiger partial charge in [-0.3, -0.25) is 0 Å². The fraction of sp³-hybridized carbons (Fsp3) is 0. The Balaban J connectivity index is 0.000000810. The minimum absolute atomic E-state index is 0. The van der Waals surface area contributed by atoms with E-state index in [1.807, 2.05) is 0 Å². The average molecular weight is 163 g/mol. The van der Waals surface area contributed by atoms with Crippen LogP contribution in [0.3, 0.4) is 0 Å². The second kappa shape index (κ2) is 3.27. The first-order valence-corrected chi connectivity index (χ1v) is 2.50. The van der Waals surface area contributed by atoms with Gasteiger partial charge in [-0.2, -0.15) is 0 Å². The molecule has 0 saturated carbocycles.